The van der Waals surface area contributed by atoms with Crippen molar-refractivity contribution in [3.8, 4) is 17.4 Å². The summed E-state index contributed by atoms with van der Waals surface area (Å²) in [6.45, 7) is 4.82. The van der Waals surface area contributed by atoms with E-state index < -0.39 is 0 Å². The maximum absolute atomic E-state index is 12.3. The molecule has 0 atom stereocenters. The highest BCUT2D eigenvalue weighted by Crippen LogP contribution is 2.27. The Morgan fingerprint density at radius 3 is 2.62 bits per heavy atom. The zero-order valence-corrected chi connectivity index (χ0v) is 16.8. The topological polar surface area (TPSA) is 82.2 Å². The van der Waals surface area contributed by atoms with E-state index in [4.69, 9.17) is 18.9 Å². The normalized spacial score (nSPS) is 14.3. The summed E-state index contributed by atoms with van der Waals surface area (Å²) in [6.07, 6.45) is 1.81. The van der Waals surface area contributed by atoms with Crippen molar-refractivity contribution < 1.29 is 23.7 Å². The van der Waals surface area contributed by atoms with Gasteiger partial charge >= 0.3 is 0 Å². The number of hydrogen-bond acceptors (Lipinski definition) is 7. The van der Waals surface area contributed by atoms with E-state index >= 15 is 0 Å². The molecular formula is C21H27N3O5. The molecule has 3 rings (SSSR count). The van der Waals surface area contributed by atoms with E-state index in [-0.39, 0.29) is 12.3 Å². The molecule has 0 bridgehead atoms. The van der Waals surface area contributed by atoms with Gasteiger partial charge in [-0.2, -0.15) is 0 Å². The van der Waals surface area contributed by atoms with E-state index in [1.165, 1.54) is 0 Å². The summed E-state index contributed by atoms with van der Waals surface area (Å²) in [7, 11) is 3.14. The van der Waals surface area contributed by atoms with E-state index in [0.29, 0.717) is 29.7 Å². The molecule has 0 radical (unpaired) electrons. The van der Waals surface area contributed by atoms with Crippen molar-refractivity contribution in [3.63, 3.8) is 0 Å². The standard InChI is InChI=1S/C21H27N3O5/c1-26-18-5-3-16(13-19(18)27-2)14-20(25)23-17-4-6-21(22-15-17)29-12-9-24-7-10-28-11-8-24/h3-6,13,15H,7-12,14H2,1-2H3,(H,23,25). The second kappa shape index (κ2) is 10.6. The number of carbonyl (C=O) groups excluding carboxylic acids is 1. The Balaban J connectivity index is 1.45. The molecule has 1 N–H and O–H groups in total. The number of amides is 1. The van der Waals surface area contributed by atoms with Gasteiger partial charge in [0.25, 0.3) is 0 Å². The van der Waals surface area contributed by atoms with Gasteiger partial charge in [0.2, 0.25) is 11.8 Å². The van der Waals surface area contributed by atoms with Gasteiger partial charge in [-0.3, -0.25) is 9.69 Å². The SMILES string of the molecule is COc1ccc(CC(=O)Nc2ccc(OCCN3CCOCC3)nc2)cc1OC. The first kappa shape index (κ1) is 20.9. The molecule has 29 heavy (non-hydrogen) atoms. The van der Waals surface area contributed by atoms with Gasteiger partial charge < -0.3 is 24.3 Å². The number of nitrogens with zero attached hydrogens (tertiary/aromatic N) is 2. The minimum Gasteiger partial charge on any atom is -0.493 e. The van der Waals surface area contributed by atoms with Crippen LogP contribution in [0.1, 0.15) is 5.56 Å². The van der Waals surface area contributed by atoms with Crippen LogP contribution in [-0.4, -0.2) is 69.5 Å². The van der Waals surface area contributed by atoms with Crippen molar-refractivity contribution in [1.82, 2.24) is 9.88 Å². The smallest absolute Gasteiger partial charge is 0.228 e. The number of morpholine rings is 1. The van der Waals surface area contributed by atoms with E-state index in [1.807, 2.05) is 6.07 Å². The third-order valence-electron chi connectivity index (χ3n) is 4.59. The summed E-state index contributed by atoms with van der Waals surface area (Å²) >= 11 is 0. The maximum Gasteiger partial charge on any atom is 0.228 e. The average Bonchev–Trinajstić information content (AvgIpc) is 2.75. The fourth-order valence-electron chi connectivity index (χ4n) is 3.02. The number of hydrogen-bond donors (Lipinski definition) is 1. The number of carbonyl (C=O) groups is 1. The molecular weight excluding hydrogens is 374 g/mol. The van der Waals surface area contributed by atoms with Crippen molar-refractivity contribution >= 4 is 11.6 Å². The molecule has 1 aliphatic rings. The van der Waals surface area contributed by atoms with E-state index in [1.54, 1.807) is 44.7 Å². The molecule has 0 unspecified atom stereocenters. The van der Waals surface area contributed by atoms with Gasteiger partial charge in [-0.1, -0.05) is 6.07 Å². The Morgan fingerprint density at radius 2 is 1.93 bits per heavy atom. The number of benzene rings is 1. The molecule has 0 spiro atoms. The lowest BCUT2D eigenvalue weighted by atomic mass is 10.1. The van der Waals surface area contributed by atoms with Crippen LogP contribution in [0.2, 0.25) is 0 Å². The van der Waals surface area contributed by atoms with E-state index in [0.717, 1.165) is 38.4 Å². The number of nitrogens with one attached hydrogen (secondary N) is 1. The lowest BCUT2D eigenvalue weighted by Crippen LogP contribution is -2.38. The maximum atomic E-state index is 12.3. The zero-order chi connectivity index (χ0) is 20.5. The van der Waals surface area contributed by atoms with Crippen LogP contribution < -0.4 is 19.5 Å². The highest BCUT2D eigenvalue weighted by molar-refractivity contribution is 5.92. The first-order chi connectivity index (χ1) is 14.2. The highest BCUT2D eigenvalue weighted by Gasteiger charge is 2.11. The zero-order valence-electron chi connectivity index (χ0n) is 16.8. The largest absolute Gasteiger partial charge is 0.493 e. The summed E-state index contributed by atoms with van der Waals surface area (Å²) in [5, 5.41) is 2.84. The molecule has 0 aliphatic carbocycles. The number of anilines is 1. The Kier molecular flexibility index (Phi) is 7.66. The lowest BCUT2D eigenvalue weighted by molar-refractivity contribution is -0.115. The first-order valence-corrected chi connectivity index (χ1v) is 9.57. The molecule has 1 aromatic heterocycles. The number of aromatic nitrogens is 1. The van der Waals surface area contributed by atoms with Crippen molar-refractivity contribution in [2.45, 2.75) is 6.42 Å². The average molecular weight is 401 g/mol. The van der Waals surface area contributed by atoms with Gasteiger partial charge in [-0.25, -0.2) is 4.98 Å². The third kappa shape index (κ3) is 6.33. The van der Waals surface area contributed by atoms with Crippen LogP contribution >= 0.6 is 0 Å². The predicted octanol–water partition coefficient (Wildman–Crippen LogP) is 1.99. The molecule has 1 saturated heterocycles. The minimum atomic E-state index is -0.139. The molecule has 2 heterocycles. The van der Waals surface area contributed by atoms with Gasteiger partial charge in [-0.05, 0) is 23.8 Å². The van der Waals surface area contributed by atoms with E-state index in [2.05, 4.69) is 15.2 Å². The number of rotatable bonds is 9. The van der Waals surface area contributed by atoms with Crippen LogP contribution in [0.3, 0.4) is 0 Å². The quantitative estimate of drug-likeness (QED) is 0.688. The second-order valence-electron chi connectivity index (χ2n) is 6.60. The van der Waals surface area contributed by atoms with Crippen molar-refractivity contribution in [1.29, 1.82) is 0 Å². The molecule has 8 heteroatoms. The second-order valence-corrected chi connectivity index (χ2v) is 6.60. The van der Waals surface area contributed by atoms with Gasteiger partial charge in [0, 0.05) is 25.7 Å². The van der Waals surface area contributed by atoms with Gasteiger partial charge in [0.05, 0.1) is 45.7 Å². The fraction of sp³-hybridized carbons (Fsp3) is 0.429. The fourth-order valence-corrected chi connectivity index (χ4v) is 3.02. The van der Waals surface area contributed by atoms with Crippen LogP contribution in [0.4, 0.5) is 5.69 Å². The molecule has 1 amide bonds. The van der Waals surface area contributed by atoms with Crippen LogP contribution in [0.5, 0.6) is 17.4 Å². The van der Waals surface area contributed by atoms with Gasteiger partial charge in [0.1, 0.15) is 6.61 Å². The Labute approximate surface area is 170 Å². The summed E-state index contributed by atoms with van der Waals surface area (Å²) in [4.78, 5) is 18.9. The number of ether oxygens (including phenoxy) is 4. The van der Waals surface area contributed by atoms with Crippen LogP contribution in [0.25, 0.3) is 0 Å². The molecule has 1 fully saturated rings. The number of pyridine rings is 1. The van der Waals surface area contributed by atoms with Crippen LogP contribution in [-0.2, 0) is 16.0 Å². The molecule has 156 valence electrons. The Bertz CT molecular complexity index is 791. The van der Waals surface area contributed by atoms with Gasteiger partial charge in [-0.15, -0.1) is 0 Å². The van der Waals surface area contributed by atoms with Crippen LogP contribution in [0, 0.1) is 0 Å². The minimum absolute atomic E-state index is 0.139. The summed E-state index contributed by atoms with van der Waals surface area (Å²) < 4.78 is 21.5. The molecule has 1 aliphatic heterocycles. The Morgan fingerprint density at radius 1 is 1.14 bits per heavy atom. The number of methoxy groups -OCH3 is 2. The summed E-state index contributed by atoms with van der Waals surface area (Å²) in [5.74, 6) is 1.62. The monoisotopic (exact) mass is 401 g/mol. The third-order valence-corrected chi connectivity index (χ3v) is 4.59. The van der Waals surface area contributed by atoms with Crippen LogP contribution in [0.15, 0.2) is 36.5 Å². The molecule has 2 aromatic rings. The van der Waals surface area contributed by atoms with Crippen molar-refractivity contribution in [3.05, 3.63) is 42.1 Å². The van der Waals surface area contributed by atoms with Crippen molar-refractivity contribution in [2.75, 3.05) is 59.0 Å². The lowest BCUT2D eigenvalue weighted by Gasteiger charge is -2.26. The van der Waals surface area contributed by atoms with E-state index in [9.17, 15) is 4.79 Å². The Hall–Kier alpha value is -2.84. The molecule has 8 nitrogen and oxygen atoms in total. The summed E-state index contributed by atoms with van der Waals surface area (Å²) in [5.41, 5.74) is 1.45. The molecule has 0 saturated carbocycles. The van der Waals surface area contributed by atoms with Gasteiger partial charge in [0.15, 0.2) is 11.5 Å². The highest BCUT2D eigenvalue weighted by atomic mass is 16.5. The predicted molar refractivity (Wildman–Crippen MR) is 109 cm³/mol. The summed E-state index contributed by atoms with van der Waals surface area (Å²) in [6, 6.07) is 8.95. The molecule has 1 aromatic carbocycles. The first-order valence-electron chi connectivity index (χ1n) is 9.57. The van der Waals surface area contributed by atoms with Crippen molar-refractivity contribution in [2.24, 2.45) is 0 Å².